The minimum atomic E-state index is -0.160. The van der Waals surface area contributed by atoms with Crippen molar-refractivity contribution in [3.05, 3.63) is 89.7 Å². The fraction of sp³-hybridized carbons (Fsp3) is 0.143. The molecule has 0 aliphatic heterocycles. The first-order valence-electron chi connectivity index (χ1n) is 8.50. The number of hydrogen-bond donors (Lipinski definition) is 2. The highest BCUT2D eigenvalue weighted by Gasteiger charge is 2.09. The Morgan fingerprint density at radius 3 is 2.08 bits per heavy atom. The lowest BCUT2D eigenvalue weighted by atomic mass is 10.1. The second-order valence-electron chi connectivity index (χ2n) is 5.97. The number of carbonyl (C=O) groups is 2. The summed E-state index contributed by atoms with van der Waals surface area (Å²) in [5, 5.41) is 5.63. The third-order valence-electron chi connectivity index (χ3n) is 4.09. The summed E-state index contributed by atoms with van der Waals surface area (Å²) in [6.45, 7) is 2.75. The maximum atomic E-state index is 12.4. The van der Waals surface area contributed by atoms with Gasteiger partial charge in [0.15, 0.2) is 0 Å². The molecule has 5 nitrogen and oxygen atoms in total. The summed E-state index contributed by atoms with van der Waals surface area (Å²) in [6.07, 6.45) is 3.90. The molecule has 0 unspecified atom stereocenters. The number of hydrogen-bond acceptors (Lipinski definition) is 2. The zero-order valence-electron chi connectivity index (χ0n) is 14.6. The minimum Gasteiger partial charge on any atom is -0.350 e. The van der Waals surface area contributed by atoms with E-state index in [2.05, 4.69) is 10.6 Å². The lowest BCUT2D eigenvalue weighted by Crippen LogP contribution is -2.34. The molecule has 5 heteroatoms. The van der Waals surface area contributed by atoms with Crippen molar-refractivity contribution in [2.75, 3.05) is 13.1 Å². The van der Waals surface area contributed by atoms with Crippen LogP contribution in [0.25, 0.3) is 5.69 Å². The van der Waals surface area contributed by atoms with Gasteiger partial charge >= 0.3 is 0 Å². The predicted octanol–water partition coefficient (Wildman–Crippen LogP) is 2.95. The Labute approximate surface area is 152 Å². The van der Waals surface area contributed by atoms with Crippen LogP contribution >= 0.6 is 0 Å². The number of rotatable bonds is 6. The van der Waals surface area contributed by atoms with Crippen LogP contribution in [0.15, 0.2) is 73.1 Å². The molecule has 0 radical (unpaired) electrons. The van der Waals surface area contributed by atoms with Gasteiger partial charge in [-0.2, -0.15) is 0 Å². The van der Waals surface area contributed by atoms with E-state index in [1.807, 2.05) is 66.3 Å². The summed E-state index contributed by atoms with van der Waals surface area (Å²) >= 11 is 0. The minimum absolute atomic E-state index is 0.148. The van der Waals surface area contributed by atoms with Crippen molar-refractivity contribution >= 4 is 11.8 Å². The number of benzene rings is 2. The SMILES string of the molecule is Cc1ccc(C(=O)NCCNC(=O)c2ccccc2)cc1-n1cccc1. The Hall–Kier alpha value is -3.34. The maximum absolute atomic E-state index is 12.4. The molecular weight excluding hydrogens is 326 g/mol. The van der Waals surface area contributed by atoms with E-state index in [1.54, 1.807) is 18.2 Å². The van der Waals surface area contributed by atoms with E-state index < -0.39 is 0 Å². The fourth-order valence-electron chi connectivity index (χ4n) is 2.67. The van der Waals surface area contributed by atoms with Crippen LogP contribution in [0.3, 0.4) is 0 Å². The Morgan fingerprint density at radius 2 is 1.42 bits per heavy atom. The van der Waals surface area contributed by atoms with E-state index >= 15 is 0 Å². The Morgan fingerprint density at radius 1 is 0.808 bits per heavy atom. The molecule has 1 aromatic heterocycles. The zero-order valence-corrected chi connectivity index (χ0v) is 14.6. The Bertz CT molecular complexity index is 887. The standard InChI is InChI=1S/C21H21N3O2/c1-16-9-10-18(15-19(16)24-13-5-6-14-24)21(26)23-12-11-22-20(25)17-7-3-2-4-8-17/h2-10,13-15H,11-12H2,1H3,(H,22,25)(H,23,26). The van der Waals surface area contributed by atoms with E-state index in [0.29, 0.717) is 24.2 Å². The molecule has 2 aromatic carbocycles. The molecule has 0 aliphatic carbocycles. The number of nitrogens with one attached hydrogen (secondary N) is 2. The third kappa shape index (κ3) is 4.19. The maximum Gasteiger partial charge on any atom is 0.251 e. The van der Waals surface area contributed by atoms with Crippen LogP contribution in [-0.2, 0) is 0 Å². The van der Waals surface area contributed by atoms with Crippen molar-refractivity contribution in [2.24, 2.45) is 0 Å². The van der Waals surface area contributed by atoms with Crippen molar-refractivity contribution in [2.45, 2.75) is 6.92 Å². The van der Waals surface area contributed by atoms with Crippen LogP contribution in [0.5, 0.6) is 0 Å². The number of aryl methyl sites for hydroxylation is 1. The van der Waals surface area contributed by atoms with Crippen molar-refractivity contribution in [3.8, 4) is 5.69 Å². The van der Waals surface area contributed by atoms with E-state index in [-0.39, 0.29) is 11.8 Å². The van der Waals surface area contributed by atoms with Gasteiger partial charge in [0, 0.05) is 42.3 Å². The molecule has 0 bridgehead atoms. The van der Waals surface area contributed by atoms with E-state index in [9.17, 15) is 9.59 Å². The first-order valence-corrected chi connectivity index (χ1v) is 8.50. The van der Waals surface area contributed by atoms with Gasteiger partial charge in [0.1, 0.15) is 0 Å². The molecule has 26 heavy (non-hydrogen) atoms. The molecule has 0 saturated carbocycles. The van der Waals surface area contributed by atoms with Crippen molar-refractivity contribution in [1.82, 2.24) is 15.2 Å². The van der Waals surface area contributed by atoms with Crippen LogP contribution < -0.4 is 10.6 Å². The normalized spacial score (nSPS) is 10.3. The van der Waals surface area contributed by atoms with Crippen LogP contribution in [0.4, 0.5) is 0 Å². The average molecular weight is 347 g/mol. The molecular formula is C21H21N3O2. The molecule has 0 spiro atoms. The summed E-state index contributed by atoms with van der Waals surface area (Å²) in [5.41, 5.74) is 3.26. The third-order valence-corrected chi connectivity index (χ3v) is 4.09. The lowest BCUT2D eigenvalue weighted by Gasteiger charge is -2.11. The molecule has 0 saturated heterocycles. The highest BCUT2D eigenvalue weighted by Crippen LogP contribution is 2.16. The van der Waals surface area contributed by atoms with Crippen LogP contribution in [-0.4, -0.2) is 29.5 Å². The van der Waals surface area contributed by atoms with E-state index in [4.69, 9.17) is 0 Å². The topological polar surface area (TPSA) is 63.1 Å². The van der Waals surface area contributed by atoms with Crippen LogP contribution in [0.2, 0.25) is 0 Å². The summed E-state index contributed by atoms with van der Waals surface area (Å²) in [4.78, 5) is 24.3. The fourth-order valence-corrected chi connectivity index (χ4v) is 2.67. The highest BCUT2D eigenvalue weighted by atomic mass is 16.2. The number of nitrogens with zero attached hydrogens (tertiary/aromatic N) is 1. The van der Waals surface area contributed by atoms with Gasteiger partial charge in [-0.3, -0.25) is 9.59 Å². The summed E-state index contributed by atoms with van der Waals surface area (Å²) in [5.74, 6) is -0.308. The summed E-state index contributed by atoms with van der Waals surface area (Å²) in [6, 6.07) is 18.5. The summed E-state index contributed by atoms with van der Waals surface area (Å²) in [7, 11) is 0. The van der Waals surface area contributed by atoms with Gasteiger partial charge in [-0.25, -0.2) is 0 Å². The van der Waals surface area contributed by atoms with Gasteiger partial charge in [-0.05, 0) is 48.9 Å². The van der Waals surface area contributed by atoms with Crippen molar-refractivity contribution < 1.29 is 9.59 Å². The van der Waals surface area contributed by atoms with Gasteiger partial charge in [-0.15, -0.1) is 0 Å². The largest absolute Gasteiger partial charge is 0.350 e. The molecule has 2 N–H and O–H groups in total. The van der Waals surface area contributed by atoms with Gasteiger partial charge in [0.25, 0.3) is 11.8 Å². The zero-order chi connectivity index (χ0) is 18.4. The number of carbonyl (C=O) groups excluding carboxylic acids is 2. The van der Waals surface area contributed by atoms with Crippen LogP contribution in [0, 0.1) is 6.92 Å². The van der Waals surface area contributed by atoms with Gasteiger partial charge in [0.05, 0.1) is 0 Å². The number of aromatic nitrogens is 1. The molecule has 3 rings (SSSR count). The monoisotopic (exact) mass is 347 g/mol. The molecule has 1 heterocycles. The van der Waals surface area contributed by atoms with Crippen LogP contribution in [0.1, 0.15) is 26.3 Å². The van der Waals surface area contributed by atoms with Crippen molar-refractivity contribution in [3.63, 3.8) is 0 Å². The molecule has 2 amide bonds. The van der Waals surface area contributed by atoms with Gasteiger partial charge < -0.3 is 15.2 Å². The van der Waals surface area contributed by atoms with Gasteiger partial charge in [0.2, 0.25) is 0 Å². The Kier molecular flexibility index (Phi) is 5.49. The first kappa shape index (κ1) is 17.5. The van der Waals surface area contributed by atoms with Crippen molar-refractivity contribution in [1.29, 1.82) is 0 Å². The number of amides is 2. The average Bonchev–Trinajstić information content (AvgIpc) is 3.20. The second-order valence-corrected chi connectivity index (χ2v) is 5.97. The quantitative estimate of drug-likeness (QED) is 0.674. The summed E-state index contributed by atoms with van der Waals surface area (Å²) < 4.78 is 1.98. The second kappa shape index (κ2) is 8.16. The lowest BCUT2D eigenvalue weighted by molar-refractivity contribution is 0.0927. The highest BCUT2D eigenvalue weighted by molar-refractivity contribution is 5.95. The molecule has 0 fully saturated rings. The van der Waals surface area contributed by atoms with E-state index in [1.165, 1.54) is 0 Å². The van der Waals surface area contributed by atoms with Gasteiger partial charge in [-0.1, -0.05) is 24.3 Å². The van der Waals surface area contributed by atoms with E-state index in [0.717, 1.165) is 11.3 Å². The molecule has 132 valence electrons. The Balaban J connectivity index is 1.54. The first-order chi connectivity index (χ1) is 12.6. The molecule has 3 aromatic rings. The molecule has 0 aliphatic rings. The molecule has 0 atom stereocenters. The predicted molar refractivity (Wildman–Crippen MR) is 102 cm³/mol. The smallest absolute Gasteiger partial charge is 0.251 e.